The molecule has 0 saturated heterocycles. The van der Waals surface area contributed by atoms with Gasteiger partial charge in [0, 0.05) is 5.69 Å². The number of nitrogens with one attached hydrogen (secondary N) is 2. The Morgan fingerprint density at radius 2 is 1.71 bits per heavy atom. The molecule has 0 fully saturated rings. The van der Waals surface area contributed by atoms with Gasteiger partial charge in [0.15, 0.2) is 11.5 Å². The van der Waals surface area contributed by atoms with Crippen LogP contribution < -0.4 is 20.1 Å². The summed E-state index contributed by atoms with van der Waals surface area (Å²) in [7, 11) is 1.59. The lowest BCUT2D eigenvalue weighted by atomic mass is 10.2. The monoisotopic (exact) mass is 378 g/mol. The predicted octanol–water partition coefficient (Wildman–Crippen LogP) is 4.27. The molecule has 1 aromatic heterocycles. The molecule has 0 saturated carbocycles. The minimum atomic E-state index is -0.340. The standard InChI is InChI=1S/C21H22N4O3/c1-14(2)28-19-7-5-4-6-17(19)23-20-13-12-18(24-25-20)21(26)22-15-8-10-16(27-3)11-9-15/h4-14H,1-3H3,(H,22,26)(H,23,25). The van der Waals surface area contributed by atoms with Crippen molar-refractivity contribution in [3.8, 4) is 11.5 Å². The first-order valence-corrected chi connectivity index (χ1v) is 8.87. The summed E-state index contributed by atoms with van der Waals surface area (Å²) >= 11 is 0. The van der Waals surface area contributed by atoms with E-state index in [1.807, 2.05) is 38.1 Å². The molecule has 0 aliphatic rings. The molecule has 3 aromatic rings. The number of anilines is 3. The van der Waals surface area contributed by atoms with Crippen LogP contribution in [0.5, 0.6) is 11.5 Å². The Hall–Kier alpha value is -3.61. The fourth-order valence-corrected chi connectivity index (χ4v) is 2.45. The SMILES string of the molecule is COc1ccc(NC(=O)c2ccc(Nc3ccccc3OC(C)C)nn2)cc1. The molecule has 0 unspecified atom stereocenters. The zero-order valence-corrected chi connectivity index (χ0v) is 16.0. The normalized spacial score (nSPS) is 10.4. The van der Waals surface area contributed by atoms with Gasteiger partial charge < -0.3 is 20.1 Å². The number of methoxy groups -OCH3 is 1. The molecule has 0 spiro atoms. The second kappa shape index (κ2) is 8.85. The number of hydrogen-bond acceptors (Lipinski definition) is 6. The van der Waals surface area contributed by atoms with Gasteiger partial charge in [0.25, 0.3) is 5.91 Å². The third kappa shape index (κ3) is 4.97. The maximum Gasteiger partial charge on any atom is 0.276 e. The highest BCUT2D eigenvalue weighted by molar-refractivity contribution is 6.02. The quantitative estimate of drug-likeness (QED) is 0.639. The fourth-order valence-electron chi connectivity index (χ4n) is 2.45. The minimum Gasteiger partial charge on any atom is -0.497 e. The van der Waals surface area contributed by atoms with Crippen molar-refractivity contribution in [3.63, 3.8) is 0 Å². The first-order chi connectivity index (χ1) is 13.5. The maximum atomic E-state index is 12.3. The minimum absolute atomic E-state index is 0.0538. The summed E-state index contributed by atoms with van der Waals surface area (Å²) in [5.74, 6) is 1.61. The number of hydrogen-bond donors (Lipinski definition) is 2. The number of carbonyl (C=O) groups excluding carboxylic acids is 1. The van der Waals surface area contributed by atoms with Gasteiger partial charge in [0.1, 0.15) is 11.5 Å². The second-order valence-corrected chi connectivity index (χ2v) is 6.27. The third-order valence-electron chi connectivity index (χ3n) is 3.76. The van der Waals surface area contributed by atoms with Crippen molar-refractivity contribution in [2.24, 2.45) is 0 Å². The van der Waals surface area contributed by atoms with Gasteiger partial charge in [-0.3, -0.25) is 4.79 Å². The Kier molecular flexibility index (Phi) is 6.06. The highest BCUT2D eigenvalue weighted by Gasteiger charge is 2.10. The highest BCUT2D eigenvalue weighted by Crippen LogP contribution is 2.27. The molecule has 28 heavy (non-hydrogen) atoms. The van der Waals surface area contributed by atoms with E-state index in [1.54, 1.807) is 43.5 Å². The Labute approximate surface area is 163 Å². The van der Waals surface area contributed by atoms with Crippen LogP contribution in [-0.2, 0) is 0 Å². The van der Waals surface area contributed by atoms with Crippen molar-refractivity contribution in [1.29, 1.82) is 0 Å². The zero-order chi connectivity index (χ0) is 19.9. The van der Waals surface area contributed by atoms with E-state index in [0.717, 1.165) is 17.2 Å². The average Bonchev–Trinajstić information content (AvgIpc) is 2.70. The van der Waals surface area contributed by atoms with Crippen LogP contribution in [0.25, 0.3) is 0 Å². The van der Waals surface area contributed by atoms with Crippen molar-refractivity contribution in [2.45, 2.75) is 20.0 Å². The van der Waals surface area contributed by atoms with Gasteiger partial charge >= 0.3 is 0 Å². The van der Waals surface area contributed by atoms with Crippen LogP contribution in [-0.4, -0.2) is 29.3 Å². The van der Waals surface area contributed by atoms with Crippen LogP contribution in [0.4, 0.5) is 17.2 Å². The average molecular weight is 378 g/mol. The van der Waals surface area contributed by atoms with Crippen LogP contribution in [0.3, 0.4) is 0 Å². The number of nitrogens with zero attached hydrogens (tertiary/aromatic N) is 2. The van der Waals surface area contributed by atoms with Crippen LogP contribution >= 0.6 is 0 Å². The topological polar surface area (TPSA) is 85.4 Å². The Morgan fingerprint density at radius 3 is 2.36 bits per heavy atom. The summed E-state index contributed by atoms with van der Waals surface area (Å²) in [4.78, 5) is 12.3. The molecule has 144 valence electrons. The highest BCUT2D eigenvalue weighted by atomic mass is 16.5. The van der Waals surface area contributed by atoms with Gasteiger partial charge in [-0.1, -0.05) is 12.1 Å². The first kappa shape index (κ1) is 19.2. The molecular weight excluding hydrogens is 356 g/mol. The molecule has 0 aliphatic carbocycles. The van der Waals surface area contributed by atoms with Gasteiger partial charge in [-0.05, 0) is 62.4 Å². The molecule has 0 radical (unpaired) electrons. The molecule has 0 atom stereocenters. The van der Waals surface area contributed by atoms with E-state index in [9.17, 15) is 4.79 Å². The summed E-state index contributed by atoms with van der Waals surface area (Å²) in [5, 5.41) is 14.0. The number of benzene rings is 2. The lowest BCUT2D eigenvalue weighted by Crippen LogP contribution is -2.14. The van der Waals surface area contributed by atoms with Gasteiger partial charge in [-0.25, -0.2) is 0 Å². The summed E-state index contributed by atoms with van der Waals surface area (Å²) in [6.07, 6.45) is 0.0538. The lowest BCUT2D eigenvalue weighted by Gasteiger charge is -2.14. The number of amides is 1. The fraction of sp³-hybridized carbons (Fsp3) is 0.190. The number of aromatic nitrogens is 2. The van der Waals surface area contributed by atoms with Crippen LogP contribution in [0.15, 0.2) is 60.7 Å². The van der Waals surface area contributed by atoms with Crippen LogP contribution in [0.2, 0.25) is 0 Å². The van der Waals surface area contributed by atoms with Crippen molar-refractivity contribution < 1.29 is 14.3 Å². The molecule has 3 rings (SSSR count). The van der Waals surface area contributed by atoms with E-state index in [0.29, 0.717) is 11.5 Å². The number of ether oxygens (including phenoxy) is 2. The first-order valence-electron chi connectivity index (χ1n) is 8.87. The third-order valence-corrected chi connectivity index (χ3v) is 3.76. The molecule has 7 nitrogen and oxygen atoms in total. The molecule has 7 heteroatoms. The number of rotatable bonds is 7. The zero-order valence-electron chi connectivity index (χ0n) is 16.0. The van der Waals surface area contributed by atoms with Crippen LogP contribution in [0.1, 0.15) is 24.3 Å². The van der Waals surface area contributed by atoms with Gasteiger partial charge in [-0.2, -0.15) is 0 Å². The Balaban J connectivity index is 1.67. The van der Waals surface area contributed by atoms with Crippen molar-refractivity contribution in [1.82, 2.24) is 10.2 Å². The number of para-hydroxylation sites is 2. The largest absolute Gasteiger partial charge is 0.497 e. The summed E-state index contributed by atoms with van der Waals surface area (Å²) in [5.41, 5.74) is 1.64. The molecule has 0 bridgehead atoms. The Bertz CT molecular complexity index is 925. The molecule has 1 amide bonds. The summed E-state index contributed by atoms with van der Waals surface area (Å²) in [6, 6.07) is 17.9. The van der Waals surface area contributed by atoms with E-state index in [-0.39, 0.29) is 17.7 Å². The van der Waals surface area contributed by atoms with E-state index in [1.165, 1.54) is 0 Å². The summed E-state index contributed by atoms with van der Waals surface area (Å²) in [6.45, 7) is 3.93. The smallest absolute Gasteiger partial charge is 0.276 e. The molecule has 1 heterocycles. The van der Waals surface area contributed by atoms with Crippen LogP contribution in [0, 0.1) is 0 Å². The lowest BCUT2D eigenvalue weighted by molar-refractivity contribution is 0.102. The maximum absolute atomic E-state index is 12.3. The molecule has 2 aromatic carbocycles. The van der Waals surface area contributed by atoms with E-state index in [2.05, 4.69) is 20.8 Å². The molecular formula is C21H22N4O3. The van der Waals surface area contributed by atoms with Crippen molar-refractivity contribution in [3.05, 3.63) is 66.4 Å². The predicted molar refractivity (Wildman–Crippen MR) is 108 cm³/mol. The van der Waals surface area contributed by atoms with E-state index >= 15 is 0 Å². The van der Waals surface area contributed by atoms with Crippen molar-refractivity contribution >= 4 is 23.1 Å². The van der Waals surface area contributed by atoms with E-state index < -0.39 is 0 Å². The Morgan fingerprint density at radius 1 is 0.964 bits per heavy atom. The van der Waals surface area contributed by atoms with Crippen molar-refractivity contribution in [2.75, 3.05) is 17.7 Å². The second-order valence-electron chi connectivity index (χ2n) is 6.27. The molecule has 0 aliphatic heterocycles. The summed E-state index contributed by atoms with van der Waals surface area (Å²) < 4.78 is 10.9. The van der Waals surface area contributed by atoms with Gasteiger partial charge in [0.2, 0.25) is 0 Å². The van der Waals surface area contributed by atoms with Gasteiger partial charge in [-0.15, -0.1) is 10.2 Å². The van der Waals surface area contributed by atoms with E-state index in [4.69, 9.17) is 9.47 Å². The molecule has 2 N–H and O–H groups in total. The number of carbonyl (C=O) groups is 1. The van der Waals surface area contributed by atoms with Gasteiger partial charge in [0.05, 0.1) is 18.9 Å².